The maximum absolute atomic E-state index is 12.1. The number of phenols is 1. The van der Waals surface area contributed by atoms with Crippen LogP contribution in [0.3, 0.4) is 0 Å². The summed E-state index contributed by atoms with van der Waals surface area (Å²) in [5.74, 6) is 0.758. The molecule has 0 spiro atoms. The van der Waals surface area contributed by atoms with Crippen LogP contribution in [0.2, 0.25) is 10.0 Å². The van der Waals surface area contributed by atoms with Gasteiger partial charge in [0, 0.05) is 26.1 Å². The lowest BCUT2D eigenvalue weighted by Crippen LogP contribution is -2.48. The Morgan fingerprint density at radius 2 is 1.77 bits per heavy atom. The van der Waals surface area contributed by atoms with Gasteiger partial charge >= 0.3 is 6.09 Å². The molecule has 2 heterocycles. The molecule has 40 heavy (non-hydrogen) atoms. The van der Waals surface area contributed by atoms with Gasteiger partial charge in [-0.2, -0.15) is 0 Å². The Labute approximate surface area is 247 Å². The van der Waals surface area contributed by atoms with E-state index in [-0.39, 0.29) is 24.1 Å². The smallest absolute Gasteiger partial charge is 0.410 e. The molecule has 0 bridgehead atoms. The molecule has 10 heteroatoms. The summed E-state index contributed by atoms with van der Waals surface area (Å²) in [5.41, 5.74) is 1.62. The van der Waals surface area contributed by atoms with Gasteiger partial charge in [-0.15, -0.1) is 0 Å². The number of carbonyl (C=O) groups excluding carboxylic acids is 1. The van der Waals surface area contributed by atoms with Gasteiger partial charge in [0.2, 0.25) is 0 Å². The lowest BCUT2D eigenvalue weighted by molar-refractivity contribution is -0.0415. The van der Waals surface area contributed by atoms with Crippen LogP contribution in [0, 0.1) is 0 Å². The number of hydrogen-bond acceptors (Lipinski definition) is 7. The molecular formula is C30H40Cl2N2O6. The van der Waals surface area contributed by atoms with E-state index in [9.17, 15) is 9.90 Å². The van der Waals surface area contributed by atoms with E-state index in [1.54, 1.807) is 29.2 Å². The van der Waals surface area contributed by atoms with Crippen molar-refractivity contribution in [2.75, 3.05) is 46.0 Å². The highest BCUT2D eigenvalue weighted by Gasteiger charge is 2.28. The number of halogens is 2. The molecule has 220 valence electrons. The van der Waals surface area contributed by atoms with E-state index in [1.165, 1.54) is 5.56 Å². The number of rotatable bonds is 7. The number of phenolic OH excluding ortho intramolecular Hbond substituents is 1. The predicted octanol–water partition coefficient (Wildman–Crippen LogP) is 5.66. The maximum Gasteiger partial charge on any atom is 0.410 e. The quantitative estimate of drug-likeness (QED) is 0.400. The third kappa shape index (κ3) is 10.8. The minimum atomic E-state index is -0.505. The fourth-order valence-electron chi connectivity index (χ4n) is 4.23. The van der Waals surface area contributed by atoms with Crippen molar-refractivity contribution in [1.29, 1.82) is 0 Å². The van der Waals surface area contributed by atoms with Crippen molar-refractivity contribution in [2.45, 2.75) is 51.4 Å². The van der Waals surface area contributed by atoms with Gasteiger partial charge in [0.25, 0.3) is 0 Å². The fraction of sp³-hybridized carbons (Fsp3) is 0.500. The van der Waals surface area contributed by atoms with Gasteiger partial charge in [0.15, 0.2) is 0 Å². The lowest BCUT2D eigenvalue weighted by Gasteiger charge is -2.34. The summed E-state index contributed by atoms with van der Waals surface area (Å²) in [5, 5.41) is 13.7. The van der Waals surface area contributed by atoms with Crippen LogP contribution in [0.1, 0.15) is 31.9 Å². The second-order valence-electron chi connectivity index (χ2n) is 10.7. The largest absolute Gasteiger partial charge is 0.506 e. The fourth-order valence-corrected chi connectivity index (χ4v) is 4.69. The van der Waals surface area contributed by atoms with E-state index < -0.39 is 5.60 Å². The summed E-state index contributed by atoms with van der Waals surface area (Å²) in [7, 11) is 0. The van der Waals surface area contributed by atoms with Gasteiger partial charge in [0.05, 0.1) is 42.0 Å². The molecule has 2 fully saturated rings. The Morgan fingerprint density at radius 1 is 1.10 bits per heavy atom. The molecule has 0 unspecified atom stereocenters. The van der Waals surface area contributed by atoms with Gasteiger partial charge < -0.3 is 34.3 Å². The number of morpholine rings is 2. The van der Waals surface area contributed by atoms with Crippen molar-refractivity contribution < 1.29 is 28.8 Å². The van der Waals surface area contributed by atoms with Crippen LogP contribution in [0.4, 0.5) is 4.79 Å². The molecule has 8 nitrogen and oxygen atoms in total. The van der Waals surface area contributed by atoms with E-state index in [0.717, 1.165) is 31.7 Å². The van der Waals surface area contributed by atoms with Crippen LogP contribution in [0.25, 0.3) is 0 Å². The van der Waals surface area contributed by atoms with Gasteiger partial charge in [-0.3, -0.25) is 0 Å². The van der Waals surface area contributed by atoms with E-state index in [1.807, 2.05) is 39.0 Å². The van der Waals surface area contributed by atoms with Crippen molar-refractivity contribution in [3.8, 4) is 11.5 Å². The van der Waals surface area contributed by atoms with Crippen LogP contribution in [-0.2, 0) is 27.1 Å². The molecular weight excluding hydrogens is 555 g/mol. The number of nitrogens with zero attached hydrogens (tertiary/aromatic N) is 1. The average Bonchev–Trinajstić information content (AvgIpc) is 2.91. The van der Waals surface area contributed by atoms with Crippen LogP contribution >= 0.6 is 23.2 Å². The normalized spacial score (nSPS) is 19.3. The molecule has 0 radical (unpaired) electrons. The zero-order valence-corrected chi connectivity index (χ0v) is 25.0. The molecule has 2 atom stereocenters. The first-order valence-corrected chi connectivity index (χ1v) is 14.2. The molecule has 2 N–H and O–H groups in total. The number of hydrogen-bond donors (Lipinski definition) is 2. The molecule has 1 amide bonds. The van der Waals surface area contributed by atoms with Crippen molar-refractivity contribution in [2.24, 2.45) is 0 Å². The number of ether oxygens (including phenoxy) is 4. The molecule has 2 aromatic rings. The molecule has 4 rings (SSSR count). The highest BCUT2D eigenvalue weighted by atomic mass is 35.5. The third-order valence-corrected chi connectivity index (χ3v) is 6.68. The highest BCUT2D eigenvalue weighted by Crippen LogP contribution is 2.27. The van der Waals surface area contributed by atoms with E-state index in [0.29, 0.717) is 48.5 Å². The lowest BCUT2D eigenvalue weighted by atomic mass is 10.1. The van der Waals surface area contributed by atoms with Crippen LogP contribution in [0.15, 0.2) is 49.1 Å². The van der Waals surface area contributed by atoms with Gasteiger partial charge in [-0.05, 0) is 62.6 Å². The van der Waals surface area contributed by atoms with Crippen LogP contribution in [-0.4, -0.2) is 79.9 Å². The summed E-state index contributed by atoms with van der Waals surface area (Å²) in [6, 6.07) is 11.0. The second-order valence-corrected chi connectivity index (χ2v) is 11.5. The Kier molecular flexibility index (Phi) is 12.4. The molecule has 2 aliphatic heterocycles. The van der Waals surface area contributed by atoms with Crippen molar-refractivity contribution >= 4 is 29.3 Å². The topological polar surface area (TPSA) is 89.5 Å². The summed E-state index contributed by atoms with van der Waals surface area (Å²) < 4.78 is 22.2. The Bertz CT molecular complexity index is 1120. The Hall–Kier alpha value is -2.49. The first-order valence-electron chi connectivity index (χ1n) is 13.5. The Balaban J connectivity index is 0.000000225. The number of nitrogens with one attached hydrogen (secondary N) is 1. The van der Waals surface area contributed by atoms with Gasteiger partial charge in [-0.25, -0.2) is 4.79 Å². The molecule has 0 saturated carbocycles. The molecule has 0 aliphatic carbocycles. The van der Waals surface area contributed by atoms with Gasteiger partial charge in [-0.1, -0.05) is 48.0 Å². The van der Waals surface area contributed by atoms with Crippen LogP contribution in [0.5, 0.6) is 11.5 Å². The minimum absolute atomic E-state index is 0.0605. The number of carbonyl (C=O) groups is 1. The number of amides is 1. The highest BCUT2D eigenvalue weighted by molar-refractivity contribution is 6.32. The molecule has 2 aromatic carbocycles. The number of aromatic hydroxyl groups is 1. The summed E-state index contributed by atoms with van der Waals surface area (Å²) >= 11 is 12.1. The summed E-state index contributed by atoms with van der Waals surface area (Å²) in [6.45, 7) is 13.7. The predicted molar refractivity (Wildman–Crippen MR) is 158 cm³/mol. The van der Waals surface area contributed by atoms with Gasteiger partial charge in [0.1, 0.15) is 23.7 Å². The first-order chi connectivity index (χ1) is 19.0. The van der Waals surface area contributed by atoms with Crippen molar-refractivity contribution in [3.05, 3.63) is 70.2 Å². The van der Waals surface area contributed by atoms with Crippen molar-refractivity contribution in [1.82, 2.24) is 10.2 Å². The Morgan fingerprint density at radius 3 is 2.40 bits per heavy atom. The monoisotopic (exact) mass is 594 g/mol. The second kappa shape index (κ2) is 15.5. The van der Waals surface area contributed by atoms with E-state index >= 15 is 0 Å². The summed E-state index contributed by atoms with van der Waals surface area (Å²) in [4.78, 5) is 13.8. The minimum Gasteiger partial charge on any atom is -0.506 e. The van der Waals surface area contributed by atoms with Crippen molar-refractivity contribution in [3.63, 3.8) is 0 Å². The standard InChI is InChI=1S/C16H22ClNO4.C14H18ClNO2/c1-16(2,3)22-15(20)18-6-7-21-12(10-18)8-11-4-5-14(19)13(17)9-11;1-2-6-18-14-4-3-11(9-13(14)15)8-12-10-16-5-7-17-12/h4-5,9,12,19H,6-8,10H2,1-3H3;2-4,9,12,16H,1,5-8,10H2/t2*12-/m11/s1. The zero-order valence-electron chi connectivity index (χ0n) is 23.5. The van der Waals surface area contributed by atoms with Crippen LogP contribution < -0.4 is 10.1 Å². The SMILES string of the molecule is C=CCOc1ccc(C[C@@H]2CNCCO2)cc1Cl.CC(C)(C)OC(=O)N1CCO[C@H](Cc2ccc(O)c(Cl)c2)C1. The third-order valence-electron chi connectivity index (χ3n) is 6.09. The average molecular weight is 596 g/mol. The molecule has 2 saturated heterocycles. The first kappa shape index (κ1) is 32.0. The molecule has 2 aliphatic rings. The zero-order chi connectivity index (χ0) is 29.1. The van der Waals surface area contributed by atoms with E-state index in [2.05, 4.69) is 11.9 Å². The maximum atomic E-state index is 12.1. The molecule has 0 aromatic heterocycles. The summed E-state index contributed by atoms with van der Waals surface area (Å²) in [6.07, 6.45) is 3.00. The number of benzene rings is 2. The van der Waals surface area contributed by atoms with E-state index in [4.69, 9.17) is 42.1 Å².